The zero-order chi connectivity index (χ0) is 36.3. The van der Waals surface area contributed by atoms with E-state index < -0.39 is 46.6 Å². The number of carbonyl (C=O) groups is 2. The van der Waals surface area contributed by atoms with E-state index in [-0.39, 0.29) is 60.3 Å². The molecule has 4 aliphatic rings. The van der Waals surface area contributed by atoms with Gasteiger partial charge in [0.2, 0.25) is 10.9 Å². The lowest BCUT2D eigenvalue weighted by atomic mass is 10.1. The minimum atomic E-state index is -0.727. The highest BCUT2D eigenvalue weighted by molar-refractivity contribution is 5.95. The summed E-state index contributed by atoms with van der Waals surface area (Å²) in [6.07, 6.45) is 5.63. The summed E-state index contributed by atoms with van der Waals surface area (Å²) in [4.78, 5) is 55.5. The second-order valence-electron chi connectivity index (χ2n) is 13.8. The van der Waals surface area contributed by atoms with Crippen molar-refractivity contribution in [1.29, 1.82) is 0 Å². The van der Waals surface area contributed by atoms with Crippen molar-refractivity contribution in [2.75, 3.05) is 62.4 Å². The minimum absolute atomic E-state index is 0.0998. The molecule has 2 aliphatic heterocycles. The SMILES string of the molecule is CCOC(=O)c1cn(C2CC2)c2cc(N3CCO[C@H]([C@@H]4CN(c5cc6c(cc5F)c(=O)c(C(=O)OCC)cn6C5CC5)CCO4)C3)c(F)cc2c1=O. The number of fused-ring (bicyclic) bond motifs is 2. The van der Waals surface area contributed by atoms with Gasteiger partial charge in [0.1, 0.15) is 35.0 Å². The van der Waals surface area contributed by atoms with Crippen molar-refractivity contribution in [2.24, 2.45) is 0 Å². The van der Waals surface area contributed by atoms with Gasteiger partial charge in [-0.2, -0.15) is 0 Å². The van der Waals surface area contributed by atoms with Gasteiger partial charge in [0.25, 0.3) is 0 Å². The molecule has 274 valence electrons. The molecule has 0 unspecified atom stereocenters. The molecular weight excluding hydrogens is 678 g/mol. The fourth-order valence-corrected chi connectivity index (χ4v) is 7.46. The molecule has 12 nitrogen and oxygen atoms in total. The Kier molecular flexibility index (Phi) is 8.98. The number of pyridine rings is 2. The molecule has 2 aliphatic carbocycles. The smallest absolute Gasteiger partial charge is 0.343 e. The number of hydrogen-bond donors (Lipinski definition) is 0. The molecule has 2 saturated carbocycles. The lowest BCUT2D eigenvalue weighted by Gasteiger charge is -2.42. The number of aromatic nitrogens is 2. The quantitative estimate of drug-likeness (QED) is 0.225. The second kappa shape index (κ2) is 13.6. The third kappa shape index (κ3) is 6.21. The molecule has 4 heterocycles. The summed E-state index contributed by atoms with van der Waals surface area (Å²) in [6.45, 7) is 5.51. The number of rotatable bonds is 9. The number of ether oxygens (including phenoxy) is 4. The van der Waals surface area contributed by atoms with Gasteiger partial charge in [0.15, 0.2) is 0 Å². The third-order valence-electron chi connectivity index (χ3n) is 10.4. The molecular formula is C38H40F2N4O8. The van der Waals surface area contributed by atoms with E-state index in [2.05, 4.69) is 0 Å². The summed E-state index contributed by atoms with van der Waals surface area (Å²) in [7, 11) is 0. The van der Waals surface area contributed by atoms with E-state index in [1.54, 1.807) is 26.0 Å². The van der Waals surface area contributed by atoms with E-state index >= 15 is 8.78 Å². The maximum Gasteiger partial charge on any atom is 0.343 e. The van der Waals surface area contributed by atoms with Gasteiger partial charge in [-0.15, -0.1) is 0 Å². The number of benzene rings is 2. The molecule has 0 N–H and O–H groups in total. The largest absolute Gasteiger partial charge is 0.462 e. The number of morpholine rings is 2. The van der Waals surface area contributed by atoms with Crippen LogP contribution in [-0.2, 0) is 18.9 Å². The van der Waals surface area contributed by atoms with Crippen LogP contribution in [0.15, 0.2) is 46.2 Å². The van der Waals surface area contributed by atoms with Crippen molar-refractivity contribution in [3.63, 3.8) is 0 Å². The number of nitrogens with zero attached hydrogens (tertiary/aromatic N) is 4. The highest BCUT2D eigenvalue weighted by Crippen LogP contribution is 2.40. The average Bonchev–Trinajstić information content (AvgIpc) is 4.08. The predicted octanol–water partition coefficient (Wildman–Crippen LogP) is 4.73. The van der Waals surface area contributed by atoms with E-state index in [0.717, 1.165) is 25.7 Å². The first-order valence-electron chi connectivity index (χ1n) is 18.0. The van der Waals surface area contributed by atoms with Gasteiger partial charge in [-0.3, -0.25) is 9.59 Å². The van der Waals surface area contributed by atoms with Crippen molar-refractivity contribution in [1.82, 2.24) is 9.13 Å². The molecule has 4 aromatic rings. The molecule has 2 aromatic heterocycles. The van der Waals surface area contributed by atoms with E-state index in [1.807, 2.05) is 18.9 Å². The molecule has 4 fully saturated rings. The summed E-state index contributed by atoms with van der Waals surface area (Å²) in [5.41, 5.74) is 0.357. The van der Waals surface area contributed by atoms with Gasteiger partial charge in [-0.05, 0) is 63.8 Å². The first-order chi connectivity index (χ1) is 25.2. The maximum atomic E-state index is 15.9. The van der Waals surface area contributed by atoms with Crippen LogP contribution in [0.3, 0.4) is 0 Å². The third-order valence-corrected chi connectivity index (χ3v) is 10.4. The standard InChI is InChI=1S/C38H40F2N4O8/c1-3-49-37(47)25-17-43(21-5-6-21)29-15-31(27(39)13-23(29)35(25)45)41-9-11-51-33(19-41)34-20-42(10-12-52-34)32-16-30-24(14-28(32)40)36(46)26(38(48)50-4-2)18-44(30)22-7-8-22/h13-18,21-22,33-34H,3-12,19-20H2,1-2H3/t33-,34-/m0/s1. The lowest BCUT2D eigenvalue weighted by Crippen LogP contribution is -2.55. The highest BCUT2D eigenvalue weighted by atomic mass is 19.1. The van der Waals surface area contributed by atoms with E-state index in [9.17, 15) is 19.2 Å². The van der Waals surface area contributed by atoms with Crippen LogP contribution < -0.4 is 20.7 Å². The van der Waals surface area contributed by atoms with Crippen LogP contribution in [-0.4, -0.2) is 85.9 Å². The van der Waals surface area contributed by atoms with E-state index in [4.69, 9.17) is 18.9 Å². The molecule has 0 spiro atoms. The van der Waals surface area contributed by atoms with Crippen molar-refractivity contribution < 1.29 is 37.3 Å². The number of hydrogen-bond acceptors (Lipinski definition) is 10. The molecule has 0 radical (unpaired) electrons. The zero-order valence-electron chi connectivity index (χ0n) is 29.1. The summed E-state index contributed by atoms with van der Waals surface area (Å²) < 4.78 is 58.1. The Labute approximate surface area is 297 Å². The topological polar surface area (TPSA) is 122 Å². The number of esters is 2. The van der Waals surface area contributed by atoms with Crippen LogP contribution >= 0.6 is 0 Å². The monoisotopic (exact) mass is 718 g/mol. The average molecular weight is 719 g/mol. The number of carbonyl (C=O) groups excluding carboxylic acids is 2. The molecule has 0 amide bonds. The van der Waals surface area contributed by atoms with Crippen LogP contribution in [0.4, 0.5) is 20.2 Å². The predicted molar refractivity (Wildman–Crippen MR) is 189 cm³/mol. The minimum Gasteiger partial charge on any atom is -0.462 e. The highest BCUT2D eigenvalue weighted by Gasteiger charge is 2.36. The lowest BCUT2D eigenvalue weighted by molar-refractivity contribution is -0.0826. The summed E-state index contributed by atoms with van der Waals surface area (Å²) in [6, 6.07) is 5.96. The molecule has 2 atom stereocenters. The van der Waals surface area contributed by atoms with Gasteiger partial charge in [0.05, 0.1) is 48.8 Å². The van der Waals surface area contributed by atoms with Crippen LogP contribution in [0.25, 0.3) is 21.8 Å². The Hall–Kier alpha value is -4.82. The Morgan fingerprint density at radius 2 is 1.10 bits per heavy atom. The van der Waals surface area contributed by atoms with Crippen LogP contribution in [0.5, 0.6) is 0 Å². The van der Waals surface area contributed by atoms with E-state index in [0.29, 0.717) is 48.7 Å². The van der Waals surface area contributed by atoms with Crippen molar-refractivity contribution in [3.8, 4) is 0 Å². The molecule has 8 rings (SSSR count). The summed E-state index contributed by atoms with van der Waals surface area (Å²) >= 11 is 0. The Morgan fingerprint density at radius 3 is 1.46 bits per heavy atom. The number of halogens is 2. The summed E-state index contributed by atoms with van der Waals surface area (Å²) in [5.74, 6) is -2.64. The summed E-state index contributed by atoms with van der Waals surface area (Å²) in [5, 5.41) is 0.243. The van der Waals surface area contributed by atoms with Gasteiger partial charge < -0.3 is 37.9 Å². The molecule has 14 heteroatoms. The van der Waals surface area contributed by atoms with Crippen LogP contribution in [0, 0.1) is 11.6 Å². The second-order valence-corrected chi connectivity index (χ2v) is 13.8. The number of anilines is 2. The van der Waals surface area contributed by atoms with Crippen LogP contribution in [0.2, 0.25) is 0 Å². The molecule has 2 saturated heterocycles. The van der Waals surface area contributed by atoms with Gasteiger partial charge in [0, 0.05) is 61.4 Å². The first kappa shape index (κ1) is 34.3. The molecule has 2 aromatic carbocycles. The van der Waals surface area contributed by atoms with Crippen molar-refractivity contribution in [3.05, 3.63) is 79.9 Å². The first-order valence-corrected chi connectivity index (χ1v) is 18.0. The Balaban J connectivity index is 1.07. The van der Waals surface area contributed by atoms with Crippen molar-refractivity contribution in [2.45, 2.75) is 63.8 Å². The molecule has 0 bridgehead atoms. The fraction of sp³-hybridized carbons (Fsp3) is 0.474. The normalized spacial score (nSPS) is 20.8. The van der Waals surface area contributed by atoms with Crippen molar-refractivity contribution >= 4 is 45.1 Å². The van der Waals surface area contributed by atoms with Crippen LogP contribution in [0.1, 0.15) is 72.3 Å². The van der Waals surface area contributed by atoms with Gasteiger partial charge >= 0.3 is 11.9 Å². The van der Waals surface area contributed by atoms with Gasteiger partial charge in [-0.1, -0.05) is 0 Å². The molecule has 52 heavy (non-hydrogen) atoms. The zero-order valence-corrected chi connectivity index (χ0v) is 29.1. The Morgan fingerprint density at radius 1 is 0.692 bits per heavy atom. The Bertz CT molecular complexity index is 2060. The van der Waals surface area contributed by atoms with E-state index in [1.165, 1.54) is 24.5 Å². The maximum absolute atomic E-state index is 15.9. The fourth-order valence-electron chi connectivity index (χ4n) is 7.46. The van der Waals surface area contributed by atoms with Gasteiger partial charge in [-0.25, -0.2) is 18.4 Å².